The maximum Gasteiger partial charge on any atom is 0.162 e. The molecular formula is C16H25NO3. The Hall–Kier alpha value is -1.42. The summed E-state index contributed by atoms with van der Waals surface area (Å²) in [5.74, 6) is 1.56. The third-order valence-electron chi connectivity index (χ3n) is 3.79. The average Bonchev–Trinajstić information content (AvgIpc) is 2.49. The Kier molecular flexibility index (Phi) is 5.53. The maximum absolute atomic E-state index is 5.53. The van der Waals surface area contributed by atoms with Crippen molar-refractivity contribution in [2.75, 3.05) is 26.1 Å². The van der Waals surface area contributed by atoms with Crippen molar-refractivity contribution in [3.05, 3.63) is 18.2 Å². The minimum atomic E-state index is 0.380. The number of benzene rings is 1. The number of nitrogens with one attached hydrogen (secondary N) is 1. The van der Waals surface area contributed by atoms with Gasteiger partial charge in [-0.05, 0) is 44.7 Å². The van der Waals surface area contributed by atoms with Crippen LogP contribution < -0.4 is 14.8 Å². The molecule has 4 heteroatoms. The molecule has 0 heterocycles. The molecular weight excluding hydrogens is 254 g/mol. The van der Waals surface area contributed by atoms with Crippen LogP contribution in [0.2, 0.25) is 0 Å². The molecule has 1 fully saturated rings. The van der Waals surface area contributed by atoms with Crippen molar-refractivity contribution in [1.29, 1.82) is 0 Å². The van der Waals surface area contributed by atoms with Gasteiger partial charge >= 0.3 is 0 Å². The van der Waals surface area contributed by atoms with Gasteiger partial charge in [-0.2, -0.15) is 0 Å². The number of hydrogen-bond donors (Lipinski definition) is 1. The first-order valence-electron chi connectivity index (χ1n) is 7.37. The quantitative estimate of drug-likeness (QED) is 0.865. The van der Waals surface area contributed by atoms with Crippen molar-refractivity contribution < 1.29 is 14.2 Å². The summed E-state index contributed by atoms with van der Waals surface area (Å²) in [6.45, 7) is 2.61. The Morgan fingerprint density at radius 2 is 2.05 bits per heavy atom. The molecule has 0 radical (unpaired) electrons. The van der Waals surface area contributed by atoms with Crippen LogP contribution in [0.5, 0.6) is 11.5 Å². The molecule has 0 saturated heterocycles. The van der Waals surface area contributed by atoms with Gasteiger partial charge in [-0.3, -0.25) is 0 Å². The summed E-state index contributed by atoms with van der Waals surface area (Å²) in [5, 5.41) is 3.57. The lowest BCUT2D eigenvalue weighted by molar-refractivity contribution is 0.0669. The molecule has 2 atom stereocenters. The number of rotatable bonds is 6. The van der Waals surface area contributed by atoms with Crippen LogP contribution >= 0.6 is 0 Å². The first-order chi connectivity index (χ1) is 9.76. The van der Waals surface area contributed by atoms with E-state index in [4.69, 9.17) is 14.2 Å². The summed E-state index contributed by atoms with van der Waals surface area (Å²) < 4.78 is 16.4. The van der Waals surface area contributed by atoms with Crippen molar-refractivity contribution in [3.63, 3.8) is 0 Å². The molecule has 2 rings (SSSR count). The first-order valence-corrected chi connectivity index (χ1v) is 7.37. The van der Waals surface area contributed by atoms with E-state index in [-0.39, 0.29) is 0 Å². The van der Waals surface area contributed by atoms with Gasteiger partial charge in [0.15, 0.2) is 11.5 Å². The van der Waals surface area contributed by atoms with Gasteiger partial charge in [-0.1, -0.05) is 0 Å². The van der Waals surface area contributed by atoms with Crippen LogP contribution in [0.25, 0.3) is 0 Å². The van der Waals surface area contributed by atoms with Crippen molar-refractivity contribution in [2.45, 2.75) is 44.8 Å². The van der Waals surface area contributed by atoms with Crippen molar-refractivity contribution in [3.8, 4) is 11.5 Å². The van der Waals surface area contributed by atoms with Gasteiger partial charge in [0.1, 0.15) is 0 Å². The molecule has 4 nitrogen and oxygen atoms in total. The van der Waals surface area contributed by atoms with Crippen molar-refractivity contribution >= 4 is 5.69 Å². The molecule has 0 spiro atoms. The van der Waals surface area contributed by atoms with Crippen LogP contribution in [0, 0.1) is 0 Å². The number of hydrogen-bond acceptors (Lipinski definition) is 4. The smallest absolute Gasteiger partial charge is 0.162 e. The summed E-state index contributed by atoms with van der Waals surface area (Å²) in [5.41, 5.74) is 1.08. The lowest BCUT2D eigenvalue weighted by Gasteiger charge is -2.29. The van der Waals surface area contributed by atoms with Gasteiger partial charge in [0.2, 0.25) is 0 Å². The van der Waals surface area contributed by atoms with Gasteiger partial charge in [-0.25, -0.2) is 0 Å². The van der Waals surface area contributed by atoms with Gasteiger partial charge < -0.3 is 19.5 Å². The Morgan fingerprint density at radius 1 is 1.20 bits per heavy atom. The largest absolute Gasteiger partial charge is 0.493 e. The predicted octanol–water partition coefficient (Wildman–Crippen LogP) is 3.46. The minimum absolute atomic E-state index is 0.380. The third-order valence-corrected chi connectivity index (χ3v) is 3.79. The maximum atomic E-state index is 5.53. The summed E-state index contributed by atoms with van der Waals surface area (Å²) in [4.78, 5) is 0. The molecule has 1 N–H and O–H groups in total. The fourth-order valence-corrected chi connectivity index (χ4v) is 2.76. The zero-order chi connectivity index (χ0) is 14.4. The minimum Gasteiger partial charge on any atom is -0.493 e. The SMILES string of the molecule is CCOc1ccc(NC2CCCC(OC)C2)cc1OC. The average molecular weight is 279 g/mol. The van der Waals surface area contributed by atoms with E-state index in [0.29, 0.717) is 18.8 Å². The van der Waals surface area contributed by atoms with Crippen LogP contribution in [0.15, 0.2) is 18.2 Å². The van der Waals surface area contributed by atoms with Crippen LogP contribution in [0.4, 0.5) is 5.69 Å². The summed E-state index contributed by atoms with van der Waals surface area (Å²) >= 11 is 0. The highest BCUT2D eigenvalue weighted by Crippen LogP contribution is 2.31. The normalized spacial score (nSPS) is 22.4. The third kappa shape index (κ3) is 3.79. The first kappa shape index (κ1) is 15.0. The zero-order valence-corrected chi connectivity index (χ0v) is 12.6. The van der Waals surface area contributed by atoms with Crippen LogP contribution in [-0.2, 0) is 4.74 Å². The predicted molar refractivity (Wildman–Crippen MR) is 80.8 cm³/mol. The highest BCUT2D eigenvalue weighted by molar-refractivity contribution is 5.55. The second kappa shape index (κ2) is 7.39. The monoisotopic (exact) mass is 279 g/mol. The number of anilines is 1. The van der Waals surface area contributed by atoms with E-state index in [9.17, 15) is 0 Å². The molecule has 1 aromatic rings. The summed E-state index contributed by atoms with van der Waals surface area (Å²) in [6.07, 6.45) is 5.01. The van der Waals surface area contributed by atoms with Gasteiger partial charge in [-0.15, -0.1) is 0 Å². The van der Waals surface area contributed by atoms with Crippen molar-refractivity contribution in [2.24, 2.45) is 0 Å². The Labute approximate surface area is 121 Å². The second-order valence-corrected chi connectivity index (χ2v) is 5.16. The molecule has 20 heavy (non-hydrogen) atoms. The van der Waals surface area contributed by atoms with Crippen LogP contribution in [-0.4, -0.2) is 33.0 Å². The van der Waals surface area contributed by atoms with E-state index >= 15 is 0 Å². The second-order valence-electron chi connectivity index (χ2n) is 5.16. The Bertz CT molecular complexity index is 422. The van der Waals surface area contributed by atoms with E-state index in [0.717, 1.165) is 23.6 Å². The molecule has 0 aliphatic heterocycles. The molecule has 1 saturated carbocycles. The fourth-order valence-electron chi connectivity index (χ4n) is 2.76. The highest BCUT2D eigenvalue weighted by atomic mass is 16.5. The van der Waals surface area contributed by atoms with Crippen molar-refractivity contribution in [1.82, 2.24) is 0 Å². The lowest BCUT2D eigenvalue weighted by atomic mass is 9.92. The molecule has 112 valence electrons. The van der Waals surface area contributed by atoms with Crippen LogP contribution in [0.1, 0.15) is 32.6 Å². The molecule has 2 unspecified atom stereocenters. The van der Waals surface area contributed by atoms with E-state index in [2.05, 4.69) is 5.32 Å². The lowest BCUT2D eigenvalue weighted by Crippen LogP contribution is -2.30. The fraction of sp³-hybridized carbons (Fsp3) is 0.625. The topological polar surface area (TPSA) is 39.7 Å². The van der Waals surface area contributed by atoms with E-state index in [1.807, 2.05) is 25.1 Å². The Morgan fingerprint density at radius 3 is 2.75 bits per heavy atom. The number of ether oxygens (including phenoxy) is 3. The molecule has 0 bridgehead atoms. The summed E-state index contributed by atoms with van der Waals surface area (Å²) in [7, 11) is 3.47. The zero-order valence-electron chi connectivity index (χ0n) is 12.6. The van der Waals surface area contributed by atoms with Gasteiger partial charge in [0.05, 0.1) is 19.8 Å². The molecule has 0 amide bonds. The molecule has 1 aromatic carbocycles. The van der Waals surface area contributed by atoms with E-state index in [1.54, 1.807) is 14.2 Å². The molecule has 0 aromatic heterocycles. The molecule has 1 aliphatic carbocycles. The van der Waals surface area contributed by atoms with E-state index in [1.165, 1.54) is 19.3 Å². The highest BCUT2D eigenvalue weighted by Gasteiger charge is 2.21. The summed E-state index contributed by atoms with van der Waals surface area (Å²) in [6, 6.07) is 6.48. The van der Waals surface area contributed by atoms with E-state index < -0.39 is 0 Å². The van der Waals surface area contributed by atoms with Gasteiger partial charge in [0, 0.05) is 24.9 Å². The Balaban J connectivity index is 2.02. The van der Waals surface area contributed by atoms with Gasteiger partial charge in [0.25, 0.3) is 0 Å². The van der Waals surface area contributed by atoms with Crippen LogP contribution in [0.3, 0.4) is 0 Å². The standard InChI is InChI=1S/C16H25NO3/c1-4-20-15-9-8-13(11-16(15)19-3)17-12-6-5-7-14(10-12)18-2/h8-9,11-12,14,17H,4-7,10H2,1-3H3. The molecule has 1 aliphatic rings. The number of methoxy groups -OCH3 is 2.